The Kier molecular flexibility index (Phi) is 5.46. The topological polar surface area (TPSA) is 65.6 Å². The number of H-pyrrole nitrogens is 1. The number of nitrogens with one attached hydrogen (secondary N) is 1. The molecule has 2 aromatic rings. The molecule has 2 heterocycles. The van der Waals surface area contributed by atoms with Crippen molar-refractivity contribution in [3.63, 3.8) is 0 Å². The van der Waals surface area contributed by atoms with Crippen LogP contribution in [0, 0.1) is 0 Å². The fraction of sp³-hybridized carbons (Fsp3) is 0.412. The highest BCUT2D eigenvalue weighted by atomic mass is 35.5. The highest BCUT2D eigenvalue weighted by Gasteiger charge is 2.28. The lowest BCUT2D eigenvalue weighted by Gasteiger charge is -2.38. The molecular weight excluding hydrogens is 362 g/mol. The quantitative estimate of drug-likeness (QED) is 0.884. The van der Waals surface area contributed by atoms with Crippen molar-refractivity contribution >= 4 is 29.0 Å². The van der Waals surface area contributed by atoms with Gasteiger partial charge in [-0.2, -0.15) is 0 Å². The molecule has 25 heavy (non-hydrogen) atoms. The first-order valence-corrected chi connectivity index (χ1v) is 9.25. The summed E-state index contributed by atoms with van der Waals surface area (Å²) >= 11 is 6.91. The van der Waals surface area contributed by atoms with Crippen LogP contribution >= 0.6 is 23.1 Å². The van der Waals surface area contributed by atoms with Gasteiger partial charge in [0.2, 0.25) is 0 Å². The third kappa shape index (κ3) is 3.73. The second-order valence-corrected chi connectivity index (χ2v) is 7.15. The number of ether oxygens (including phenoxy) is 1. The zero-order valence-electron chi connectivity index (χ0n) is 14.1. The highest BCUT2D eigenvalue weighted by molar-refractivity contribution is 7.08. The molecule has 1 aromatic heterocycles. The third-order valence-corrected chi connectivity index (χ3v) is 5.91. The molecule has 1 aliphatic rings. The molecular formula is C17H20ClN3O3S. The molecule has 1 N–H and O–H groups in total. The van der Waals surface area contributed by atoms with E-state index in [4.69, 9.17) is 16.3 Å². The number of hydrogen-bond acceptors (Lipinski definition) is 5. The number of carbonyl (C=O) groups is 1. The SMILES string of the molecule is COc1cccc(C(C)N2CCN(C(=O)c3s[nH]c(=O)c3Cl)CC2)c1. The summed E-state index contributed by atoms with van der Waals surface area (Å²) in [7, 11) is 1.66. The fourth-order valence-corrected chi connectivity index (χ4v) is 3.99. The van der Waals surface area contributed by atoms with Crippen LogP contribution in [0.3, 0.4) is 0 Å². The van der Waals surface area contributed by atoms with Gasteiger partial charge in [-0.15, -0.1) is 0 Å². The molecule has 0 bridgehead atoms. The van der Waals surface area contributed by atoms with E-state index in [0.717, 1.165) is 30.4 Å². The lowest BCUT2D eigenvalue weighted by atomic mass is 10.1. The first-order chi connectivity index (χ1) is 12.0. The van der Waals surface area contributed by atoms with Crippen molar-refractivity contribution in [2.75, 3.05) is 33.3 Å². The molecule has 1 fully saturated rings. The molecule has 1 atom stereocenters. The molecule has 1 saturated heterocycles. The van der Waals surface area contributed by atoms with E-state index in [9.17, 15) is 9.59 Å². The maximum absolute atomic E-state index is 12.5. The number of nitrogens with zero attached hydrogens (tertiary/aromatic N) is 2. The second-order valence-electron chi connectivity index (χ2n) is 5.96. The van der Waals surface area contributed by atoms with Gasteiger partial charge in [-0.1, -0.05) is 35.3 Å². The largest absolute Gasteiger partial charge is 0.497 e. The summed E-state index contributed by atoms with van der Waals surface area (Å²) in [6.07, 6.45) is 0. The number of methoxy groups -OCH3 is 1. The number of hydrogen-bond donors (Lipinski definition) is 1. The number of rotatable bonds is 4. The van der Waals surface area contributed by atoms with Gasteiger partial charge in [0, 0.05) is 32.2 Å². The molecule has 1 aromatic carbocycles. The minimum atomic E-state index is -0.403. The van der Waals surface area contributed by atoms with E-state index in [1.165, 1.54) is 5.56 Å². The van der Waals surface area contributed by atoms with Gasteiger partial charge >= 0.3 is 0 Å². The predicted molar refractivity (Wildman–Crippen MR) is 98.8 cm³/mol. The summed E-state index contributed by atoms with van der Waals surface area (Å²) in [5.41, 5.74) is 0.784. The average Bonchev–Trinajstić information content (AvgIpc) is 2.99. The number of halogens is 1. The van der Waals surface area contributed by atoms with Crippen molar-refractivity contribution in [2.24, 2.45) is 0 Å². The Labute approximate surface area is 155 Å². The second kappa shape index (κ2) is 7.59. The molecule has 1 amide bonds. The molecule has 0 saturated carbocycles. The van der Waals surface area contributed by atoms with Gasteiger partial charge in [0.15, 0.2) is 0 Å². The molecule has 0 radical (unpaired) electrons. The minimum absolute atomic E-state index is 0.0119. The molecule has 1 unspecified atom stereocenters. The van der Waals surface area contributed by atoms with Crippen LogP contribution in [-0.2, 0) is 0 Å². The van der Waals surface area contributed by atoms with E-state index in [0.29, 0.717) is 18.0 Å². The minimum Gasteiger partial charge on any atom is -0.497 e. The zero-order chi connectivity index (χ0) is 18.0. The zero-order valence-corrected chi connectivity index (χ0v) is 15.7. The third-order valence-electron chi connectivity index (χ3n) is 4.56. The van der Waals surface area contributed by atoms with Crippen LogP contribution in [0.2, 0.25) is 5.02 Å². The van der Waals surface area contributed by atoms with E-state index in [1.54, 1.807) is 12.0 Å². The van der Waals surface area contributed by atoms with Crippen LogP contribution in [0.5, 0.6) is 5.75 Å². The van der Waals surface area contributed by atoms with Gasteiger partial charge in [-0.25, -0.2) is 0 Å². The maximum Gasteiger partial charge on any atom is 0.277 e. The Morgan fingerprint density at radius 2 is 2.04 bits per heavy atom. The van der Waals surface area contributed by atoms with Gasteiger partial charge in [0.1, 0.15) is 15.6 Å². The number of piperazine rings is 1. The Balaban J connectivity index is 1.64. The van der Waals surface area contributed by atoms with E-state index >= 15 is 0 Å². The van der Waals surface area contributed by atoms with Crippen molar-refractivity contribution in [3.05, 3.63) is 50.1 Å². The Hall–Kier alpha value is -1.83. The molecule has 0 spiro atoms. The van der Waals surface area contributed by atoms with Crippen LogP contribution in [0.15, 0.2) is 29.1 Å². The van der Waals surface area contributed by atoms with Crippen LogP contribution in [0.1, 0.15) is 28.2 Å². The molecule has 134 valence electrons. The summed E-state index contributed by atoms with van der Waals surface area (Å²) in [6, 6.07) is 8.28. The number of carbonyl (C=O) groups excluding carboxylic acids is 1. The van der Waals surface area contributed by atoms with Crippen molar-refractivity contribution in [1.82, 2.24) is 14.2 Å². The highest BCUT2D eigenvalue weighted by Crippen LogP contribution is 2.26. The maximum atomic E-state index is 12.5. The lowest BCUT2D eigenvalue weighted by molar-refractivity contribution is 0.0586. The average molecular weight is 382 g/mol. The van der Waals surface area contributed by atoms with E-state index in [-0.39, 0.29) is 17.0 Å². The van der Waals surface area contributed by atoms with Crippen molar-refractivity contribution in [3.8, 4) is 5.75 Å². The molecule has 8 heteroatoms. The Bertz CT molecular complexity index is 811. The molecule has 3 rings (SSSR count). The lowest BCUT2D eigenvalue weighted by Crippen LogP contribution is -2.49. The molecule has 1 aliphatic heterocycles. The summed E-state index contributed by atoms with van der Waals surface area (Å²) in [6.45, 7) is 4.90. The normalized spacial score (nSPS) is 16.7. The van der Waals surface area contributed by atoms with E-state index in [2.05, 4.69) is 22.3 Å². The van der Waals surface area contributed by atoms with Crippen molar-refractivity contribution < 1.29 is 9.53 Å². The van der Waals surface area contributed by atoms with Gasteiger partial charge in [0.25, 0.3) is 11.5 Å². The Morgan fingerprint density at radius 3 is 2.64 bits per heavy atom. The van der Waals surface area contributed by atoms with Crippen LogP contribution in [0.25, 0.3) is 0 Å². The van der Waals surface area contributed by atoms with Gasteiger partial charge in [0.05, 0.1) is 7.11 Å². The summed E-state index contributed by atoms with van der Waals surface area (Å²) in [5, 5.41) is -0.0119. The summed E-state index contributed by atoms with van der Waals surface area (Å²) in [5.74, 6) is 0.664. The predicted octanol–water partition coefficient (Wildman–Crippen LogP) is 2.62. The van der Waals surface area contributed by atoms with Crippen molar-refractivity contribution in [2.45, 2.75) is 13.0 Å². The smallest absolute Gasteiger partial charge is 0.277 e. The summed E-state index contributed by atoms with van der Waals surface area (Å²) in [4.78, 5) is 28.3. The Morgan fingerprint density at radius 1 is 1.32 bits per heavy atom. The van der Waals surface area contributed by atoms with Gasteiger partial charge < -0.3 is 9.64 Å². The van der Waals surface area contributed by atoms with Gasteiger partial charge in [-0.3, -0.25) is 18.9 Å². The van der Waals surface area contributed by atoms with Crippen molar-refractivity contribution in [1.29, 1.82) is 0 Å². The summed E-state index contributed by atoms with van der Waals surface area (Å²) < 4.78 is 7.79. The molecule has 6 nitrogen and oxygen atoms in total. The first kappa shape index (κ1) is 18.0. The van der Waals surface area contributed by atoms with Gasteiger partial charge in [-0.05, 0) is 24.6 Å². The number of benzene rings is 1. The first-order valence-electron chi connectivity index (χ1n) is 8.05. The molecule has 0 aliphatic carbocycles. The van der Waals surface area contributed by atoms with Crippen LogP contribution in [0.4, 0.5) is 0 Å². The van der Waals surface area contributed by atoms with Crippen LogP contribution < -0.4 is 10.3 Å². The van der Waals surface area contributed by atoms with Crippen LogP contribution in [-0.4, -0.2) is 53.4 Å². The number of aromatic nitrogens is 1. The standard InChI is InChI=1S/C17H20ClN3O3S/c1-11(12-4-3-5-13(10-12)24-2)20-6-8-21(9-7-20)17(23)15-14(18)16(22)19-25-15/h3-5,10-11H,6-9H2,1-2H3,(H,19,22). The number of aromatic amines is 1. The monoisotopic (exact) mass is 381 g/mol. The number of amides is 1. The fourth-order valence-electron chi connectivity index (χ4n) is 3.00. The van der Waals surface area contributed by atoms with E-state index < -0.39 is 5.56 Å². The van der Waals surface area contributed by atoms with E-state index in [1.807, 2.05) is 18.2 Å².